The molecule has 0 aliphatic carbocycles. The summed E-state index contributed by atoms with van der Waals surface area (Å²) in [4.78, 5) is 98.0. The molecular weight excluding hydrogens is 881 g/mol. The minimum Gasteiger partial charge on any atom is -0.481 e. The van der Waals surface area contributed by atoms with E-state index in [0.717, 1.165) is 17.1 Å². The second kappa shape index (κ2) is 30.1. The number of likely N-dealkylation sites (tertiary alicyclic amines) is 1. The highest BCUT2D eigenvalue weighted by Gasteiger charge is 2.34. The van der Waals surface area contributed by atoms with Crippen LogP contribution in [-0.2, 0) is 60.7 Å². The van der Waals surface area contributed by atoms with Crippen molar-refractivity contribution in [3.8, 4) is 5.88 Å². The van der Waals surface area contributed by atoms with E-state index in [9.17, 15) is 38.7 Å². The van der Waals surface area contributed by atoms with Crippen LogP contribution < -0.4 is 26.0 Å². The number of ether oxygens (including phenoxy) is 4. The standard InChI is InChI=1S/C48H66N8O12/c1-34(57)28-40(58)16-12-35-10-14-38(15-11-35)53-44(60)9-5-8-43(59)50-19-22-66-24-26-68-27-25-67-23-21-55(32-39-6-4-7-42(49-2)52-39)31-37-18-20-56(48(37)64)33-45(61)54-41(29-47(62)63)36-13-17-46(65-3)51-30-36/h4,6-7,10-11,13-15,17,30,37,41H,5,8-9,12,16,18-29,31-33H2,1-3H3,(H,49,52)(H,50,59)(H,53,60)(H,54,61)(H,62,63). The van der Waals surface area contributed by atoms with Crippen molar-refractivity contribution >= 4 is 52.7 Å². The van der Waals surface area contributed by atoms with Crippen LogP contribution in [-0.4, -0.2) is 153 Å². The largest absolute Gasteiger partial charge is 0.481 e. The maximum absolute atomic E-state index is 13.6. The fraction of sp³-hybridized carbons (Fsp3) is 0.521. The summed E-state index contributed by atoms with van der Waals surface area (Å²) in [5, 5.41) is 20.9. The zero-order valence-corrected chi connectivity index (χ0v) is 39.3. The van der Waals surface area contributed by atoms with Gasteiger partial charge in [-0.15, -0.1) is 0 Å². The molecule has 2 unspecified atom stereocenters. The van der Waals surface area contributed by atoms with Crippen molar-refractivity contribution in [2.24, 2.45) is 5.92 Å². The molecule has 1 aliphatic heterocycles. The summed E-state index contributed by atoms with van der Waals surface area (Å²) in [6, 6.07) is 15.3. The van der Waals surface area contributed by atoms with Gasteiger partial charge in [0.05, 0.1) is 83.8 Å². The summed E-state index contributed by atoms with van der Waals surface area (Å²) < 4.78 is 22.1. The van der Waals surface area contributed by atoms with Crippen molar-refractivity contribution in [2.45, 2.75) is 70.9 Å². The number of nitrogens with zero attached hydrogens (tertiary/aromatic N) is 4. The molecule has 1 aliphatic rings. The number of Topliss-reactive ketones (excluding diaryl/α,β-unsaturated/α-hetero) is 2. The Morgan fingerprint density at radius 2 is 1.60 bits per heavy atom. The number of carboxylic acids is 1. The van der Waals surface area contributed by atoms with Crippen LogP contribution in [0.3, 0.4) is 0 Å². The first-order chi connectivity index (χ1) is 32.8. The van der Waals surface area contributed by atoms with Crippen LogP contribution in [0.25, 0.3) is 0 Å². The molecule has 68 heavy (non-hydrogen) atoms. The van der Waals surface area contributed by atoms with Crippen molar-refractivity contribution in [1.29, 1.82) is 0 Å². The number of carbonyl (C=O) groups is 7. The van der Waals surface area contributed by atoms with Crippen LogP contribution >= 0.6 is 0 Å². The van der Waals surface area contributed by atoms with Gasteiger partial charge >= 0.3 is 5.97 Å². The third-order valence-electron chi connectivity index (χ3n) is 10.8. The van der Waals surface area contributed by atoms with Gasteiger partial charge in [0.25, 0.3) is 0 Å². The van der Waals surface area contributed by atoms with Gasteiger partial charge in [0, 0.05) is 77.0 Å². The van der Waals surface area contributed by atoms with Gasteiger partial charge in [0.2, 0.25) is 29.5 Å². The van der Waals surface area contributed by atoms with Gasteiger partial charge in [-0.2, -0.15) is 0 Å². The molecule has 0 bridgehead atoms. The number of benzene rings is 1. The number of carbonyl (C=O) groups excluding carboxylic acids is 6. The minimum absolute atomic E-state index is 0.0505. The molecule has 2 atom stereocenters. The molecule has 20 nitrogen and oxygen atoms in total. The number of aromatic nitrogens is 2. The molecule has 4 rings (SSSR count). The van der Waals surface area contributed by atoms with Gasteiger partial charge in [-0.25, -0.2) is 9.97 Å². The number of methoxy groups -OCH3 is 1. The number of nitrogens with one attached hydrogen (secondary N) is 4. The van der Waals surface area contributed by atoms with E-state index in [1.807, 2.05) is 30.3 Å². The lowest BCUT2D eigenvalue weighted by molar-refractivity contribution is -0.139. The summed E-state index contributed by atoms with van der Waals surface area (Å²) in [6.45, 7) is 5.34. The van der Waals surface area contributed by atoms with E-state index in [4.69, 9.17) is 18.9 Å². The summed E-state index contributed by atoms with van der Waals surface area (Å²) in [5.74, 6) is -1.62. The number of rotatable bonds is 34. The van der Waals surface area contributed by atoms with E-state index < -0.39 is 17.9 Å². The summed E-state index contributed by atoms with van der Waals surface area (Å²) in [5.41, 5.74) is 2.88. The topological polar surface area (TPSA) is 257 Å². The van der Waals surface area contributed by atoms with E-state index in [1.165, 1.54) is 25.1 Å². The lowest BCUT2D eigenvalue weighted by Gasteiger charge is -2.25. The van der Waals surface area contributed by atoms with E-state index in [0.29, 0.717) is 115 Å². The number of carboxylic acid groups (broad SMARTS) is 1. The molecular formula is C48H66N8O12. The maximum atomic E-state index is 13.6. The Balaban J connectivity index is 1.07. The van der Waals surface area contributed by atoms with Gasteiger partial charge in [0.1, 0.15) is 17.4 Å². The number of ketones is 2. The van der Waals surface area contributed by atoms with Crippen LogP contribution in [0, 0.1) is 5.92 Å². The lowest BCUT2D eigenvalue weighted by Crippen LogP contribution is -2.42. The molecule has 0 radical (unpaired) electrons. The fourth-order valence-electron chi connectivity index (χ4n) is 7.30. The first-order valence-corrected chi connectivity index (χ1v) is 22.9. The van der Waals surface area contributed by atoms with E-state index in [1.54, 1.807) is 31.3 Å². The van der Waals surface area contributed by atoms with E-state index in [-0.39, 0.29) is 67.4 Å². The van der Waals surface area contributed by atoms with E-state index >= 15 is 0 Å². The second-order valence-electron chi connectivity index (χ2n) is 16.3. The quantitative estimate of drug-likeness (QED) is 0.0426. The highest BCUT2D eigenvalue weighted by molar-refractivity contribution is 5.98. The number of anilines is 2. The first kappa shape index (κ1) is 54.3. The Hall–Kier alpha value is -6.35. The number of amides is 4. The number of aryl methyl sites for hydroxylation is 1. The highest BCUT2D eigenvalue weighted by Crippen LogP contribution is 2.22. The summed E-state index contributed by atoms with van der Waals surface area (Å²) in [6.07, 6.45) is 3.19. The SMILES string of the molecule is CNc1cccc(CN(CCOCCOCCOCCNC(=O)CCCC(=O)Nc2ccc(CCC(=O)CC(C)=O)cc2)CC2CCN(CC(=O)NC(CC(=O)O)c3ccc(OC)nc3)C2=O)n1. The van der Waals surface area contributed by atoms with Crippen molar-refractivity contribution in [3.05, 3.63) is 77.6 Å². The third-order valence-corrected chi connectivity index (χ3v) is 10.8. The van der Waals surface area contributed by atoms with Gasteiger partial charge < -0.3 is 50.2 Å². The minimum atomic E-state index is -1.09. The Labute approximate surface area is 397 Å². The van der Waals surface area contributed by atoms with E-state index in [2.05, 4.69) is 36.1 Å². The second-order valence-corrected chi connectivity index (χ2v) is 16.3. The molecule has 370 valence electrons. The van der Waals surface area contributed by atoms with Gasteiger partial charge in [0.15, 0.2) is 0 Å². The van der Waals surface area contributed by atoms with Crippen molar-refractivity contribution < 1.29 is 57.6 Å². The van der Waals surface area contributed by atoms with Crippen LogP contribution in [0.1, 0.15) is 74.7 Å². The summed E-state index contributed by atoms with van der Waals surface area (Å²) >= 11 is 0. The molecule has 4 amide bonds. The van der Waals surface area contributed by atoms with Crippen molar-refractivity contribution in [2.75, 3.05) is 97.2 Å². The van der Waals surface area contributed by atoms with Crippen LogP contribution in [0.15, 0.2) is 60.8 Å². The Morgan fingerprint density at radius 3 is 2.28 bits per heavy atom. The average molecular weight is 947 g/mol. The molecule has 20 heteroatoms. The number of hydrogen-bond acceptors (Lipinski definition) is 15. The van der Waals surface area contributed by atoms with Gasteiger partial charge in [-0.1, -0.05) is 24.3 Å². The highest BCUT2D eigenvalue weighted by atomic mass is 16.5. The molecule has 3 aromatic rings. The summed E-state index contributed by atoms with van der Waals surface area (Å²) in [7, 11) is 3.26. The van der Waals surface area contributed by atoms with Gasteiger partial charge in [-0.05, 0) is 61.6 Å². The zero-order chi connectivity index (χ0) is 49.1. The first-order valence-electron chi connectivity index (χ1n) is 22.9. The number of hydrogen-bond donors (Lipinski definition) is 5. The predicted octanol–water partition coefficient (Wildman–Crippen LogP) is 2.97. The monoisotopic (exact) mass is 946 g/mol. The molecule has 1 fully saturated rings. The molecule has 1 saturated heterocycles. The average Bonchev–Trinajstić information content (AvgIpc) is 3.65. The molecule has 0 saturated carbocycles. The third kappa shape index (κ3) is 21.1. The van der Waals surface area contributed by atoms with Crippen LogP contribution in [0.4, 0.5) is 11.5 Å². The Bertz CT molecular complexity index is 2090. The normalized spacial score (nSPS) is 13.8. The van der Waals surface area contributed by atoms with Crippen molar-refractivity contribution in [3.63, 3.8) is 0 Å². The fourth-order valence-corrected chi connectivity index (χ4v) is 7.30. The number of aliphatic carboxylic acids is 1. The molecule has 2 aromatic heterocycles. The van der Waals surface area contributed by atoms with Crippen LogP contribution in [0.5, 0.6) is 5.88 Å². The Kier molecular flexibility index (Phi) is 24.0. The molecule has 1 aromatic carbocycles. The smallest absolute Gasteiger partial charge is 0.305 e. The Morgan fingerprint density at radius 1 is 0.882 bits per heavy atom. The maximum Gasteiger partial charge on any atom is 0.305 e. The lowest BCUT2D eigenvalue weighted by atomic mass is 10.0. The predicted molar refractivity (Wildman–Crippen MR) is 251 cm³/mol. The molecule has 5 N–H and O–H groups in total. The molecule has 0 spiro atoms. The van der Waals surface area contributed by atoms with Crippen molar-refractivity contribution in [1.82, 2.24) is 30.4 Å². The zero-order valence-electron chi connectivity index (χ0n) is 39.3. The number of pyridine rings is 2. The van der Waals surface area contributed by atoms with Crippen LogP contribution in [0.2, 0.25) is 0 Å². The molecule has 3 heterocycles. The van der Waals surface area contributed by atoms with Gasteiger partial charge in [-0.3, -0.25) is 38.5 Å².